The van der Waals surface area contributed by atoms with Gasteiger partial charge >= 0.3 is 0 Å². The van der Waals surface area contributed by atoms with Crippen LogP contribution in [-0.4, -0.2) is 47.5 Å². The predicted octanol–water partition coefficient (Wildman–Crippen LogP) is 1.52. The van der Waals surface area contributed by atoms with Crippen LogP contribution >= 0.6 is 11.6 Å². The predicted molar refractivity (Wildman–Crippen MR) is 76.6 cm³/mol. The molecule has 2 aromatic rings. The van der Waals surface area contributed by atoms with Crippen LogP contribution in [0.2, 0.25) is 5.28 Å². The normalized spacial score (nSPS) is 11.2. The van der Waals surface area contributed by atoms with Crippen LogP contribution in [0.4, 0.5) is 0 Å². The van der Waals surface area contributed by atoms with E-state index < -0.39 is 0 Å². The molecular formula is C13H17ClN4O. The molecule has 6 heteroatoms. The molecule has 0 atom stereocenters. The van der Waals surface area contributed by atoms with Crippen LogP contribution in [0.5, 0.6) is 0 Å². The maximum absolute atomic E-state index is 12.0. The van der Waals surface area contributed by atoms with Gasteiger partial charge in [0, 0.05) is 25.7 Å². The summed E-state index contributed by atoms with van der Waals surface area (Å²) in [6.45, 7) is 1.43. The molecule has 0 fully saturated rings. The molecule has 2 rings (SSSR count). The molecule has 1 amide bonds. The third kappa shape index (κ3) is 3.05. The number of rotatable bonds is 4. The molecule has 0 unspecified atom stereocenters. The minimum atomic E-state index is -0.0921. The zero-order valence-corrected chi connectivity index (χ0v) is 12.0. The Kier molecular flexibility index (Phi) is 4.07. The number of aryl methyl sites for hydroxylation is 1. The summed E-state index contributed by atoms with van der Waals surface area (Å²) in [5, 5.41) is 3.29. The second-order valence-corrected chi connectivity index (χ2v) is 5.04. The van der Waals surface area contributed by atoms with Gasteiger partial charge in [-0.05, 0) is 43.9 Å². The number of carbonyl (C=O) groups is 1. The number of hydrogen-bond acceptors (Lipinski definition) is 3. The van der Waals surface area contributed by atoms with Gasteiger partial charge < -0.3 is 14.8 Å². The lowest BCUT2D eigenvalue weighted by Gasteiger charge is -2.10. The molecule has 5 nitrogen and oxygen atoms in total. The van der Waals surface area contributed by atoms with E-state index >= 15 is 0 Å². The van der Waals surface area contributed by atoms with Crippen molar-refractivity contribution in [3.8, 4) is 0 Å². The highest BCUT2D eigenvalue weighted by Crippen LogP contribution is 2.19. The minimum Gasteiger partial charge on any atom is -0.351 e. The first-order chi connectivity index (χ1) is 8.99. The number of benzene rings is 1. The number of likely N-dealkylation sites (N-methyl/N-ethyl adjacent to an activating group) is 1. The molecule has 0 aliphatic carbocycles. The van der Waals surface area contributed by atoms with Crippen LogP contribution in [0.3, 0.4) is 0 Å². The Morgan fingerprint density at radius 1 is 1.47 bits per heavy atom. The molecule has 0 saturated heterocycles. The summed E-state index contributed by atoms with van der Waals surface area (Å²) in [7, 11) is 5.77. The highest BCUT2D eigenvalue weighted by atomic mass is 35.5. The van der Waals surface area contributed by atoms with E-state index in [0.29, 0.717) is 17.4 Å². The van der Waals surface area contributed by atoms with Crippen molar-refractivity contribution in [1.29, 1.82) is 0 Å². The average molecular weight is 281 g/mol. The summed E-state index contributed by atoms with van der Waals surface area (Å²) in [6.07, 6.45) is 0. The number of amides is 1. The number of hydrogen-bond donors (Lipinski definition) is 1. The van der Waals surface area contributed by atoms with Gasteiger partial charge in [-0.15, -0.1) is 0 Å². The van der Waals surface area contributed by atoms with Crippen molar-refractivity contribution < 1.29 is 4.79 Å². The monoisotopic (exact) mass is 280 g/mol. The van der Waals surface area contributed by atoms with Gasteiger partial charge in [0.1, 0.15) is 0 Å². The molecule has 0 aliphatic rings. The lowest BCUT2D eigenvalue weighted by Crippen LogP contribution is -2.31. The van der Waals surface area contributed by atoms with Crippen LogP contribution < -0.4 is 5.32 Å². The molecule has 1 aromatic carbocycles. The van der Waals surface area contributed by atoms with Gasteiger partial charge in [-0.2, -0.15) is 0 Å². The molecular weight excluding hydrogens is 264 g/mol. The van der Waals surface area contributed by atoms with Crippen molar-refractivity contribution in [3.05, 3.63) is 29.0 Å². The quantitative estimate of drug-likeness (QED) is 0.924. The third-order valence-electron chi connectivity index (χ3n) is 2.93. The first-order valence-corrected chi connectivity index (χ1v) is 6.41. The summed E-state index contributed by atoms with van der Waals surface area (Å²) in [4.78, 5) is 18.2. The number of halogens is 1. The third-order valence-corrected chi connectivity index (χ3v) is 3.27. The van der Waals surface area contributed by atoms with Gasteiger partial charge in [0.2, 0.25) is 5.28 Å². The van der Waals surface area contributed by atoms with E-state index in [9.17, 15) is 4.79 Å². The van der Waals surface area contributed by atoms with E-state index in [0.717, 1.165) is 17.6 Å². The highest BCUT2D eigenvalue weighted by molar-refractivity contribution is 6.29. The zero-order chi connectivity index (χ0) is 14.0. The van der Waals surface area contributed by atoms with Crippen molar-refractivity contribution in [1.82, 2.24) is 19.8 Å². The molecule has 0 bridgehead atoms. The smallest absolute Gasteiger partial charge is 0.251 e. The number of aromatic nitrogens is 2. The van der Waals surface area contributed by atoms with Crippen molar-refractivity contribution in [2.24, 2.45) is 7.05 Å². The van der Waals surface area contributed by atoms with Crippen molar-refractivity contribution in [2.75, 3.05) is 27.2 Å². The highest BCUT2D eigenvalue weighted by Gasteiger charge is 2.10. The molecule has 19 heavy (non-hydrogen) atoms. The molecule has 0 spiro atoms. The molecule has 0 aliphatic heterocycles. The van der Waals surface area contributed by atoms with Gasteiger partial charge in [-0.25, -0.2) is 4.98 Å². The van der Waals surface area contributed by atoms with Crippen LogP contribution in [-0.2, 0) is 7.05 Å². The number of carbonyl (C=O) groups excluding carboxylic acids is 1. The molecule has 102 valence electrons. The summed E-state index contributed by atoms with van der Waals surface area (Å²) in [5.74, 6) is -0.0921. The maximum Gasteiger partial charge on any atom is 0.251 e. The Labute approximate surface area is 117 Å². The molecule has 0 saturated carbocycles. The Morgan fingerprint density at radius 3 is 2.89 bits per heavy atom. The fourth-order valence-electron chi connectivity index (χ4n) is 1.81. The first-order valence-electron chi connectivity index (χ1n) is 6.04. The van der Waals surface area contributed by atoms with E-state index in [4.69, 9.17) is 11.6 Å². The van der Waals surface area contributed by atoms with Crippen molar-refractivity contribution in [2.45, 2.75) is 0 Å². The molecule has 1 aromatic heterocycles. The van der Waals surface area contributed by atoms with Gasteiger partial charge in [0.25, 0.3) is 5.91 Å². The van der Waals surface area contributed by atoms with Crippen LogP contribution in [0.25, 0.3) is 11.0 Å². The van der Waals surface area contributed by atoms with E-state index in [2.05, 4.69) is 10.3 Å². The van der Waals surface area contributed by atoms with Crippen LogP contribution in [0.1, 0.15) is 10.4 Å². The number of nitrogens with zero attached hydrogens (tertiary/aromatic N) is 3. The largest absolute Gasteiger partial charge is 0.351 e. The number of fused-ring (bicyclic) bond motifs is 1. The lowest BCUT2D eigenvalue weighted by atomic mass is 10.2. The van der Waals surface area contributed by atoms with E-state index in [1.165, 1.54) is 0 Å². The number of nitrogens with one attached hydrogen (secondary N) is 1. The molecule has 0 radical (unpaired) electrons. The lowest BCUT2D eigenvalue weighted by molar-refractivity contribution is 0.0951. The first kappa shape index (κ1) is 13.8. The second kappa shape index (κ2) is 5.59. The summed E-state index contributed by atoms with van der Waals surface area (Å²) in [6, 6.07) is 5.40. The standard InChI is InChI=1S/C13H17ClN4O/c1-17(2)7-6-15-12(19)9-4-5-11-10(8-9)16-13(14)18(11)3/h4-5,8H,6-7H2,1-3H3,(H,15,19). The molecule has 1 heterocycles. The fraction of sp³-hybridized carbons (Fsp3) is 0.385. The van der Waals surface area contributed by atoms with E-state index in [1.807, 2.05) is 32.1 Å². The van der Waals surface area contributed by atoms with Crippen molar-refractivity contribution >= 4 is 28.5 Å². The van der Waals surface area contributed by atoms with E-state index in [-0.39, 0.29) is 5.91 Å². The topological polar surface area (TPSA) is 50.2 Å². The second-order valence-electron chi connectivity index (χ2n) is 4.70. The Bertz CT molecular complexity index is 606. The van der Waals surface area contributed by atoms with Gasteiger partial charge in [-0.1, -0.05) is 0 Å². The summed E-state index contributed by atoms with van der Waals surface area (Å²) >= 11 is 5.95. The average Bonchev–Trinajstić information content (AvgIpc) is 2.64. The number of imidazole rings is 1. The zero-order valence-electron chi connectivity index (χ0n) is 11.3. The van der Waals surface area contributed by atoms with Gasteiger partial charge in [-0.3, -0.25) is 4.79 Å². The minimum absolute atomic E-state index is 0.0921. The fourth-order valence-corrected chi connectivity index (χ4v) is 1.99. The Morgan fingerprint density at radius 2 is 2.21 bits per heavy atom. The van der Waals surface area contributed by atoms with Gasteiger partial charge in [0.15, 0.2) is 0 Å². The van der Waals surface area contributed by atoms with Crippen LogP contribution in [0, 0.1) is 0 Å². The van der Waals surface area contributed by atoms with E-state index in [1.54, 1.807) is 16.7 Å². The summed E-state index contributed by atoms with van der Waals surface area (Å²) < 4.78 is 1.78. The summed E-state index contributed by atoms with van der Waals surface area (Å²) in [5.41, 5.74) is 2.24. The van der Waals surface area contributed by atoms with Gasteiger partial charge in [0.05, 0.1) is 11.0 Å². The SMILES string of the molecule is CN(C)CCNC(=O)c1ccc2c(c1)nc(Cl)n2C. The Balaban J connectivity index is 2.14. The Hall–Kier alpha value is -1.59. The van der Waals surface area contributed by atoms with Crippen LogP contribution in [0.15, 0.2) is 18.2 Å². The maximum atomic E-state index is 12.0. The molecule has 1 N–H and O–H groups in total. The van der Waals surface area contributed by atoms with Crippen molar-refractivity contribution in [3.63, 3.8) is 0 Å².